The molecule has 0 saturated carbocycles. The highest BCUT2D eigenvalue weighted by Gasteiger charge is 2.07. The Morgan fingerprint density at radius 3 is 2.69 bits per heavy atom. The first kappa shape index (κ1) is 10.8. The molecule has 1 N–H and O–H groups in total. The molecule has 0 heterocycles. The molecule has 0 aliphatic heterocycles. The molecule has 0 aliphatic rings. The monoisotopic (exact) mass is 224 g/mol. The van der Waals surface area contributed by atoms with Crippen molar-refractivity contribution in [2.75, 3.05) is 0 Å². The maximum Gasteiger partial charge on any atom is 0.387 e. The highest BCUT2D eigenvalue weighted by atomic mass is 19.3. The standard InChI is InChI=1S/C12H10F2O2/c13-12(14)16-11-3-1-2-9-6-8(7-15)4-5-10(9)11/h1-6,12,15H,7H2. The molecule has 0 aromatic heterocycles. The summed E-state index contributed by atoms with van der Waals surface area (Å²) in [6.07, 6.45) is 0. The fourth-order valence-corrected chi connectivity index (χ4v) is 1.60. The maximum atomic E-state index is 12.1. The van der Waals surface area contributed by atoms with Crippen molar-refractivity contribution < 1.29 is 18.6 Å². The summed E-state index contributed by atoms with van der Waals surface area (Å²) in [7, 11) is 0. The molecule has 4 heteroatoms. The molecule has 0 amide bonds. The number of benzene rings is 2. The quantitative estimate of drug-likeness (QED) is 0.868. The Morgan fingerprint density at radius 1 is 1.19 bits per heavy atom. The Morgan fingerprint density at radius 2 is 2.00 bits per heavy atom. The maximum absolute atomic E-state index is 12.1. The van der Waals surface area contributed by atoms with Gasteiger partial charge in [0.15, 0.2) is 0 Å². The number of fused-ring (bicyclic) bond motifs is 1. The first-order valence-corrected chi connectivity index (χ1v) is 4.78. The predicted molar refractivity (Wildman–Crippen MR) is 56.5 cm³/mol. The van der Waals surface area contributed by atoms with E-state index < -0.39 is 6.61 Å². The molecule has 16 heavy (non-hydrogen) atoms. The first-order valence-electron chi connectivity index (χ1n) is 4.78. The molecule has 0 radical (unpaired) electrons. The molecule has 0 fully saturated rings. The van der Waals surface area contributed by atoms with Gasteiger partial charge in [-0.3, -0.25) is 0 Å². The zero-order valence-electron chi connectivity index (χ0n) is 8.36. The molecule has 0 unspecified atom stereocenters. The second-order valence-corrected chi connectivity index (χ2v) is 3.35. The lowest BCUT2D eigenvalue weighted by atomic mass is 10.1. The van der Waals surface area contributed by atoms with Gasteiger partial charge in [0.25, 0.3) is 0 Å². The van der Waals surface area contributed by atoms with Gasteiger partial charge in [-0.05, 0) is 23.1 Å². The van der Waals surface area contributed by atoms with Gasteiger partial charge in [-0.15, -0.1) is 0 Å². The number of hydrogen-bond acceptors (Lipinski definition) is 2. The summed E-state index contributed by atoms with van der Waals surface area (Å²) < 4.78 is 28.7. The number of aliphatic hydroxyl groups is 1. The SMILES string of the molecule is OCc1ccc2c(OC(F)F)cccc2c1. The first-order chi connectivity index (χ1) is 7.70. The summed E-state index contributed by atoms with van der Waals surface area (Å²) in [5.74, 6) is 0.150. The van der Waals surface area contributed by atoms with Crippen molar-refractivity contribution in [1.82, 2.24) is 0 Å². The summed E-state index contributed by atoms with van der Waals surface area (Å²) in [6, 6.07) is 10.0. The van der Waals surface area contributed by atoms with E-state index in [-0.39, 0.29) is 12.4 Å². The molecule has 0 aliphatic carbocycles. The van der Waals surface area contributed by atoms with Crippen molar-refractivity contribution >= 4 is 10.8 Å². The molecule has 0 bridgehead atoms. The van der Waals surface area contributed by atoms with Crippen LogP contribution in [0.4, 0.5) is 8.78 Å². The van der Waals surface area contributed by atoms with Gasteiger partial charge in [-0.1, -0.05) is 24.3 Å². The van der Waals surface area contributed by atoms with E-state index in [2.05, 4.69) is 4.74 Å². The van der Waals surface area contributed by atoms with Crippen LogP contribution in [0.1, 0.15) is 5.56 Å². The van der Waals surface area contributed by atoms with Gasteiger partial charge < -0.3 is 9.84 Å². The molecule has 0 spiro atoms. The summed E-state index contributed by atoms with van der Waals surface area (Å²) in [5.41, 5.74) is 0.738. The van der Waals surface area contributed by atoms with Crippen LogP contribution in [0.3, 0.4) is 0 Å². The summed E-state index contributed by atoms with van der Waals surface area (Å²) in [6.45, 7) is -2.90. The Balaban J connectivity index is 2.51. The third-order valence-corrected chi connectivity index (χ3v) is 2.30. The van der Waals surface area contributed by atoms with Crippen molar-refractivity contribution in [2.45, 2.75) is 13.2 Å². The zero-order chi connectivity index (χ0) is 11.5. The smallest absolute Gasteiger partial charge is 0.387 e. The fourth-order valence-electron chi connectivity index (χ4n) is 1.60. The zero-order valence-corrected chi connectivity index (χ0v) is 8.36. The number of rotatable bonds is 3. The van der Waals surface area contributed by atoms with Gasteiger partial charge in [0, 0.05) is 5.39 Å². The van der Waals surface area contributed by atoms with E-state index in [0.717, 1.165) is 10.9 Å². The van der Waals surface area contributed by atoms with Crippen LogP contribution in [0.15, 0.2) is 36.4 Å². The Labute approximate surface area is 91.1 Å². The summed E-state index contributed by atoms with van der Waals surface area (Å²) in [5, 5.41) is 10.3. The molecule has 0 saturated heterocycles. The van der Waals surface area contributed by atoms with E-state index in [1.165, 1.54) is 6.07 Å². The van der Waals surface area contributed by atoms with Crippen molar-refractivity contribution in [3.05, 3.63) is 42.0 Å². The number of hydrogen-bond donors (Lipinski definition) is 1. The molecular formula is C12H10F2O2. The van der Waals surface area contributed by atoms with Crippen molar-refractivity contribution in [3.8, 4) is 5.75 Å². The van der Waals surface area contributed by atoms with E-state index >= 15 is 0 Å². The third-order valence-electron chi connectivity index (χ3n) is 2.30. The van der Waals surface area contributed by atoms with Gasteiger partial charge in [0.2, 0.25) is 0 Å². The van der Waals surface area contributed by atoms with Crippen molar-refractivity contribution in [3.63, 3.8) is 0 Å². The van der Waals surface area contributed by atoms with E-state index in [1.54, 1.807) is 30.3 Å². The molecule has 0 atom stereocenters. The van der Waals surface area contributed by atoms with Gasteiger partial charge >= 0.3 is 6.61 Å². The second kappa shape index (κ2) is 4.45. The van der Waals surface area contributed by atoms with E-state index in [9.17, 15) is 8.78 Å². The van der Waals surface area contributed by atoms with E-state index in [4.69, 9.17) is 5.11 Å². The van der Waals surface area contributed by atoms with Crippen LogP contribution in [-0.4, -0.2) is 11.7 Å². The minimum atomic E-state index is -2.83. The van der Waals surface area contributed by atoms with Gasteiger partial charge in [-0.2, -0.15) is 8.78 Å². The Kier molecular flexibility index (Phi) is 3.01. The van der Waals surface area contributed by atoms with E-state index in [0.29, 0.717) is 5.39 Å². The van der Waals surface area contributed by atoms with Crippen LogP contribution in [0.2, 0.25) is 0 Å². The normalized spacial score (nSPS) is 11.0. The average Bonchev–Trinajstić information content (AvgIpc) is 2.28. The summed E-state index contributed by atoms with van der Waals surface area (Å²) in [4.78, 5) is 0. The topological polar surface area (TPSA) is 29.5 Å². The molecule has 2 nitrogen and oxygen atoms in total. The fraction of sp³-hybridized carbons (Fsp3) is 0.167. The highest BCUT2D eigenvalue weighted by molar-refractivity contribution is 5.88. The molecule has 2 aromatic rings. The largest absolute Gasteiger partial charge is 0.434 e. The highest BCUT2D eigenvalue weighted by Crippen LogP contribution is 2.27. The summed E-state index contributed by atoms with van der Waals surface area (Å²) >= 11 is 0. The van der Waals surface area contributed by atoms with Gasteiger partial charge in [0.1, 0.15) is 5.75 Å². The van der Waals surface area contributed by atoms with Crippen LogP contribution in [0, 0.1) is 0 Å². The third kappa shape index (κ3) is 2.12. The number of aliphatic hydroxyl groups excluding tert-OH is 1. The average molecular weight is 224 g/mol. The molecule has 84 valence electrons. The minimum Gasteiger partial charge on any atom is -0.434 e. The Bertz CT molecular complexity index is 497. The Hall–Kier alpha value is -1.68. The lowest BCUT2D eigenvalue weighted by Crippen LogP contribution is -2.02. The van der Waals surface area contributed by atoms with Crippen LogP contribution < -0.4 is 4.74 Å². The van der Waals surface area contributed by atoms with Gasteiger partial charge in [-0.25, -0.2) is 0 Å². The molecular weight excluding hydrogens is 214 g/mol. The number of halogens is 2. The van der Waals surface area contributed by atoms with Crippen LogP contribution in [0.25, 0.3) is 10.8 Å². The van der Waals surface area contributed by atoms with E-state index in [1.807, 2.05) is 0 Å². The predicted octanol–water partition coefficient (Wildman–Crippen LogP) is 2.93. The lowest BCUT2D eigenvalue weighted by molar-refractivity contribution is -0.0487. The van der Waals surface area contributed by atoms with Gasteiger partial charge in [0.05, 0.1) is 6.61 Å². The second-order valence-electron chi connectivity index (χ2n) is 3.35. The van der Waals surface area contributed by atoms with Crippen molar-refractivity contribution in [2.24, 2.45) is 0 Å². The molecule has 2 rings (SSSR count). The number of alkyl halides is 2. The molecule has 2 aromatic carbocycles. The number of ether oxygens (including phenoxy) is 1. The lowest BCUT2D eigenvalue weighted by Gasteiger charge is -2.08. The van der Waals surface area contributed by atoms with Crippen LogP contribution >= 0.6 is 0 Å². The minimum absolute atomic E-state index is 0.0735. The van der Waals surface area contributed by atoms with Crippen molar-refractivity contribution in [1.29, 1.82) is 0 Å². The van der Waals surface area contributed by atoms with Crippen LogP contribution in [-0.2, 0) is 6.61 Å². The van der Waals surface area contributed by atoms with Crippen LogP contribution in [0.5, 0.6) is 5.75 Å².